The minimum absolute atomic E-state index is 0.493. The lowest BCUT2D eigenvalue weighted by atomic mass is 10.4. The molecular weight excluding hydrogens is 114 g/mol. The van der Waals surface area contributed by atoms with Crippen LogP contribution in [0.2, 0.25) is 0 Å². The first-order valence-electron chi connectivity index (χ1n) is 3.53. The molecule has 1 fully saturated rings. The molecule has 0 saturated heterocycles. The van der Waals surface area contributed by atoms with Gasteiger partial charge in [-0.15, -0.1) is 0 Å². The molecule has 0 aromatic heterocycles. The molecule has 1 saturated carbocycles. The summed E-state index contributed by atoms with van der Waals surface area (Å²) in [5, 5.41) is 3.39. The lowest BCUT2D eigenvalue weighted by Gasteiger charge is -2.05. The SMILES string of the molecule is CO[C@@H]1C[C@H]1NC(C)C. The van der Waals surface area contributed by atoms with Crippen LogP contribution in [-0.2, 0) is 4.74 Å². The summed E-state index contributed by atoms with van der Waals surface area (Å²) >= 11 is 0. The molecule has 0 bridgehead atoms. The first-order valence-corrected chi connectivity index (χ1v) is 3.53. The van der Waals surface area contributed by atoms with Gasteiger partial charge in [0.1, 0.15) is 0 Å². The molecule has 9 heavy (non-hydrogen) atoms. The molecule has 0 aromatic rings. The van der Waals surface area contributed by atoms with Crippen LogP contribution in [0.25, 0.3) is 0 Å². The fraction of sp³-hybridized carbons (Fsp3) is 1.00. The fourth-order valence-corrected chi connectivity index (χ4v) is 1.04. The minimum Gasteiger partial charge on any atom is -0.380 e. The average molecular weight is 129 g/mol. The molecule has 1 N–H and O–H groups in total. The Morgan fingerprint density at radius 2 is 2.22 bits per heavy atom. The van der Waals surface area contributed by atoms with Gasteiger partial charge in [0.15, 0.2) is 0 Å². The number of rotatable bonds is 3. The Kier molecular flexibility index (Phi) is 2.09. The quantitative estimate of drug-likeness (QED) is 0.607. The van der Waals surface area contributed by atoms with Gasteiger partial charge in [-0.3, -0.25) is 0 Å². The summed E-state index contributed by atoms with van der Waals surface area (Å²) in [5.74, 6) is 0. The fourth-order valence-electron chi connectivity index (χ4n) is 1.04. The largest absolute Gasteiger partial charge is 0.380 e. The molecule has 0 aromatic carbocycles. The molecule has 0 aliphatic heterocycles. The van der Waals surface area contributed by atoms with E-state index >= 15 is 0 Å². The third kappa shape index (κ3) is 1.95. The topological polar surface area (TPSA) is 21.3 Å². The van der Waals surface area contributed by atoms with E-state index in [1.165, 1.54) is 6.42 Å². The monoisotopic (exact) mass is 129 g/mol. The Hall–Kier alpha value is -0.0800. The van der Waals surface area contributed by atoms with Gasteiger partial charge in [-0.25, -0.2) is 0 Å². The Labute approximate surface area is 56.6 Å². The Balaban J connectivity index is 2.05. The zero-order valence-electron chi connectivity index (χ0n) is 6.35. The molecular formula is C7H15NO. The highest BCUT2D eigenvalue weighted by Crippen LogP contribution is 2.24. The number of ether oxygens (including phenoxy) is 1. The molecule has 1 aliphatic carbocycles. The minimum atomic E-state index is 0.493. The maximum Gasteiger partial charge on any atom is 0.0741 e. The van der Waals surface area contributed by atoms with E-state index in [0.717, 1.165) is 0 Å². The van der Waals surface area contributed by atoms with E-state index in [9.17, 15) is 0 Å². The normalized spacial score (nSPS) is 33.3. The van der Waals surface area contributed by atoms with Crippen molar-refractivity contribution in [2.75, 3.05) is 7.11 Å². The summed E-state index contributed by atoms with van der Waals surface area (Å²) in [7, 11) is 1.77. The third-order valence-corrected chi connectivity index (χ3v) is 1.58. The third-order valence-electron chi connectivity index (χ3n) is 1.58. The van der Waals surface area contributed by atoms with Crippen molar-refractivity contribution in [3.63, 3.8) is 0 Å². The van der Waals surface area contributed by atoms with E-state index in [0.29, 0.717) is 18.2 Å². The van der Waals surface area contributed by atoms with E-state index in [1.54, 1.807) is 7.11 Å². The molecule has 54 valence electrons. The van der Waals surface area contributed by atoms with Crippen LogP contribution < -0.4 is 5.32 Å². The van der Waals surface area contributed by atoms with Crippen LogP contribution in [0.3, 0.4) is 0 Å². The maximum atomic E-state index is 5.11. The molecule has 2 atom stereocenters. The van der Waals surface area contributed by atoms with Gasteiger partial charge in [0.25, 0.3) is 0 Å². The molecule has 2 heteroatoms. The molecule has 0 heterocycles. The van der Waals surface area contributed by atoms with Crippen LogP contribution in [0.15, 0.2) is 0 Å². The van der Waals surface area contributed by atoms with E-state index in [1.807, 2.05) is 0 Å². The van der Waals surface area contributed by atoms with Gasteiger partial charge < -0.3 is 10.1 Å². The lowest BCUT2D eigenvalue weighted by molar-refractivity contribution is 0.172. The van der Waals surface area contributed by atoms with Crippen LogP contribution in [0, 0.1) is 0 Å². The van der Waals surface area contributed by atoms with E-state index < -0.39 is 0 Å². The molecule has 1 aliphatic rings. The maximum absolute atomic E-state index is 5.11. The highest BCUT2D eigenvalue weighted by molar-refractivity contribution is 4.95. The highest BCUT2D eigenvalue weighted by Gasteiger charge is 2.37. The van der Waals surface area contributed by atoms with Crippen LogP contribution in [-0.4, -0.2) is 25.3 Å². The molecule has 1 rings (SSSR count). The van der Waals surface area contributed by atoms with Crippen LogP contribution in [0.4, 0.5) is 0 Å². The Morgan fingerprint density at radius 1 is 1.56 bits per heavy atom. The van der Waals surface area contributed by atoms with Gasteiger partial charge >= 0.3 is 0 Å². The zero-order valence-corrected chi connectivity index (χ0v) is 6.35. The highest BCUT2D eigenvalue weighted by atomic mass is 16.5. The molecule has 0 amide bonds. The van der Waals surface area contributed by atoms with Crippen molar-refractivity contribution in [2.45, 2.75) is 38.5 Å². The summed E-state index contributed by atoms with van der Waals surface area (Å²) in [6.45, 7) is 4.32. The Morgan fingerprint density at radius 3 is 2.56 bits per heavy atom. The smallest absolute Gasteiger partial charge is 0.0741 e. The summed E-state index contributed by atoms with van der Waals surface area (Å²) in [4.78, 5) is 0. The molecule has 2 nitrogen and oxygen atoms in total. The van der Waals surface area contributed by atoms with E-state index in [2.05, 4.69) is 19.2 Å². The summed E-state index contributed by atoms with van der Waals surface area (Å²) in [6.07, 6.45) is 1.68. The summed E-state index contributed by atoms with van der Waals surface area (Å²) in [6, 6.07) is 1.23. The number of hydrogen-bond acceptors (Lipinski definition) is 2. The molecule has 0 radical (unpaired) electrons. The van der Waals surface area contributed by atoms with Gasteiger partial charge in [-0.05, 0) is 6.42 Å². The van der Waals surface area contributed by atoms with Crippen molar-refractivity contribution < 1.29 is 4.74 Å². The summed E-state index contributed by atoms with van der Waals surface area (Å²) < 4.78 is 5.11. The lowest BCUT2D eigenvalue weighted by Crippen LogP contribution is -2.27. The van der Waals surface area contributed by atoms with E-state index in [4.69, 9.17) is 4.74 Å². The molecule has 0 unspecified atom stereocenters. The van der Waals surface area contributed by atoms with Crippen molar-refractivity contribution in [1.29, 1.82) is 0 Å². The first-order chi connectivity index (χ1) is 4.24. The van der Waals surface area contributed by atoms with Crippen molar-refractivity contribution in [3.05, 3.63) is 0 Å². The second kappa shape index (κ2) is 2.67. The predicted octanol–water partition coefficient (Wildman–Crippen LogP) is 0.772. The molecule has 0 spiro atoms. The van der Waals surface area contributed by atoms with Crippen molar-refractivity contribution in [3.8, 4) is 0 Å². The standard InChI is InChI=1S/C7H15NO/c1-5(2)8-6-4-7(6)9-3/h5-8H,4H2,1-3H3/t6-,7-/m1/s1. The number of nitrogens with one attached hydrogen (secondary N) is 1. The van der Waals surface area contributed by atoms with Crippen LogP contribution >= 0.6 is 0 Å². The van der Waals surface area contributed by atoms with Gasteiger partial charge in [0.2, 0.25) is 0 Å². The van der Waals surface area contributed by atoms with E-state index in [-0.39, 0.29) is 0 Å². The van der Waals surface area contributed by atoms with Crippen molar-refractivity contribution in [2.24, 2.45) is 0 Å². The summed E-state index contributed by atoms with van der Waals surface area (Å²) in [5.41, 5.74) is 0. The second-order valence-electron chi connectivity index (χ2n) is 2.94. The average Bonchev–Trinajstić information content (AvgIpc) is 2.45. The van der Waals surface area contributed by atoms with Gasteiger partial charge in [0.05, 0.1) is 6.10 Å². The van der Waals surface area contributed by atoms with Gasteiger partial charge in [-0.2, -0.15) is 0 Å². The second-order valence-corrected chi connectivity index (χ2v) is 2.94. The Bertz CT molecular complexity index is 92.9. The van der Waals surface area contributed by atoms with Crippen molar-refractivity contribution >= 4 is 0 Å². The zero-order chi connectivity index (χ0) is 6.85. The van der Waals surface area contributed by atoms with Gasteiger partial charge in [-0.1, -0.05) is 13.8 Å². The van der Waals surface area contributed by atoms with Gasteiger partial charge in [0, 0.05) is 19.2 Å². The number of methoxy groups -OCH3 is 1. The predicted molar refractivity (Wildman–Crippen MR) is 37.5 cm³/mol. The number of hydrogen-bond donors (Lipinski definition) is 1. The first kappa shape index (κ1) is 7.03. The van der Waals surface area contributed by atoms with Crippen LogP contribution in [0.1, 0.15) is 20.3 Å². The van der Waals surface area contributed by atoms with Crippen molar-refractivity contribution in [1.82, 2.24) is 5.32 Å². The van der Waals surface area contributed by atoms with Crippen LogP contribution in [0.5, 0.6) is 0 Å².